The highest BCUT2D eigenvalue weighted by molar-refractivity contribution is 5.13. The van der Waals surface area contributed by atoms with Gasteiger partial charge in [-0.2, -0.15) is 5.48 Å². The molecule has 0 fully saturated rings. The first-order chi connectivity index (χ1) is 7.95. The molecule has 0 amide bonds. The van der Waals surface area contributed by atoms with Crippen molar-refractivity contribution >= 4 is 0 Å². The lowest BCUT2D eigenvalue weighted by molar-refractivity contribution is 0.0235. The Morgan fingerprint density at radius 1 is 0.938 bits per heavy atom. The van der Waals surface area contributed by atoms with Crippen molar-refractivity contribution in [2.75, 3.05) is 0 Å². The quantitative estimate of drug-likeness (QED) is 0.612. The molecule has 0 radical (unpaired) electrons. The fraction of sp³-hybridized carbons (Fsp3) is 0.154. The minimum absolute atomic E-state index is 0.575. The third-order valence-electron chi connectivity index (χ3n) is 2.21. The second-order valence-electron chi connectivity index (χ2n) is 3.45. The summed E-state index contributed by atoms with van der Waals surface area (Å²) in [6.45, 7) is 1.27. The highest BCUT2D eigenvalue weighted by atomic mass is 16.6. The van der Waals surface area contributed by atoms with E-state index < -0.39 is 0 Å². The molecule has 2 rings (SSSR count). The number of hydrogen-bond donors (Lipinski definition) is 1. The summed E-state index contributed by atoms with van der Waals surface area (Å²) in [6, 6.07) is 14.0. The Kier molecular flexibility index (Phi) is 4.05. The van der Waals surface area contributed by atoms with E-state index in [9.17, 15) is 0 Å². The van der Waals surface area contributed by atoms with Gasteiger partial charge in [0.25, 0.3) is 0 Å². The molecule has 1 aromatic carbocycles. The molecule has 0 saturated carbocycles. The Morgan fingerprint density at radius 3 is 2.44 bits per heavy atom. The smallest absolute Gasteiger partial charge is 0.0933 e. The summed E-state index contributed by atoms with van der Waals surface area (Å²) in [7, 11) is 0. The average molecular weight is 214 g/mol. The van der Waals surface area contributed by atoms with Gasteiger partial charge in [0.15, 0.2) is 0 Å². The molecular weight excluding hydrogens is 200 g/mol. The van der Waals surface area contributed by atoms with E-state index in [-0.39, 0.29) is 0 Å². The van der Waals surface area contributed by atoms with Gasteiger partial charge in [0, 0.05) is 18.9 Å². The van der Waals surface area contributed by atoms with Crippen LogP contribution in [0.15, 0.2) is 54.9 Å². The van der Waals surface area contributed by atoms with E-state index in [4.69, 9.17) is 4.84 Å². The van der Waals surface area contributed by atoms with Crippen molar-refractivity contribution in [3.05, 3.63) is 66.0 Å². The molecule has 0 saturated heterocycles. The molecule has 16 heavy (non-hydrogen) atoms. The van der Waals surface area contributed by atoms with Crippen LogP contribution in [0.25, 0.3) is 0 Å². The highest BCUT2D eigenvalue weighted by Gasteiger charge is 1.92. The first-order valence-corrected chi connectivity index (χ1v) is 5.22. The number of hydroxylamine groups is 1. The van der Waals surface area contributed by atoms with Crippen LogP contribution in [0.3, 0.4) is 0 Å². The van der Waals surface area contributed by atoms with Crippen molar-refractivity contribution in [3.63, 3.8) is 0 Å². The molecule has 0 atom stereocenters. The zero-order valence-electron chi connectivity index (χ0n) is 8.97. The summed E-state index contributed by atoms with van der Waals surface area (Å²) in [4.78, 5) is 9.31. The average Bonchev–Trinajstić information content (AvgIpc) is 2.37. The van der Waals surface area contributed by atoms with Gasteiger partial charge in [-0.15, -0.1) is 0 Å². The summed E-state index contributed by atoms with van der Waals surface area (Å²) in [5, 5.41) is 0. The van der Waals surface area contributed by atoms with Crippen molar-refractivity contribution in [1.82, 2.24) is 10.5 Å². The molecule has 0 spiro atoms. The van der Waals surface area contributed by atoms with E-state index in [0.717, 1.165) is 11.1 Å². The zero-order chi connectivity index (χ0) is 11.1. The molecule has 0 aliphatic rings. The first kappa shape index (κ1) is 10.8. The van der Waals surface area contributed by atoms with E-state index in [1.165, 1.54) is 0 Å². The monoisotopic (exact) mass is 214 g/mol. The number of aromatic nitrogens is 1. The van der Waals surface area contributed by atoms with Gasteiger partial charge in [-0.05, 0) is 23.3 Å². The summed E-state index contributed by atoms with van der Waals surface area (Å²) in [5.41, 5.74) is 5.24. The van der Waals surface area contributed by atoms with Crippen LogP contribution in [-0.2, 0) is 18.0 Å². The number of hydrogen-bond acceptors (Lipinski definition) is 3. The van der Waals surface area contributed by atoms with Crippen LogP contribution in [0.1, 0.15) is 11.1 Å². The maximum atomic E-state index is 5.35. The normalized spacial score (nSPS) is 10.2. The highest BCUT2D eigenvalue weighted by Crippen LogP contribution is 2.00. The molecule has 0 unspecified atom stereocenters. The predicted octanol–water partition coefficient (Wildman–Crippen LogP) is 2.30. The van der Waals surface area contributed by atoms with Crippen LogP contribution in [-0.4, -0.2) is 4.98 Å². The van der Waals surface area contributed by atoms with Gasteiger partial charge in [0.1, 0.15) is 0 Å². The van der Waals surface area contributed by atoms with E-state index in [0.29, 0.717) is 13.2 Å². The molecule has 3 heteroatoms. The van der Waals surface area contributed by atoms with Crippen LogP contribution in [0.4, 0.5) is 0 Å². The molecule has 1 aromatic heterocycles. The Balaban J connectivity index is 1.70. The topological polar surface area (TPSA) is 34.1 Å². The third kappa shape index (κ3) is 3.46. The van der Waals surface area contributed by atoms with Gasteiger partial charge in [0.2, 0.25) is 0 Å². The number of nitrogens with one attached hydrogen (secondary N) is 1. The SMILES string of the molecule is c1ccc(CONCc2ccncc2)cc1. The Bertz CT molecular complexity index is 361. The molecular formula is C13H14N2O. The van der Waals surface area contributed by atoms with Gasteiger partial charge in [-0.3, -0.25) is 9.82 Å². The zero-order valence-corrected chi connectivity index (χ0v) is 8.97. The maximum absolute atomic E-state index is 5.35. The summed E-state index contributed by atoms with van der Waals surface area (Å²) in [5.74, 6) is 0. The minimum atomic E-state index is 0.575. The molecule has 0 aliphatic heterocycles. The van der Waals surface area contributed by atoms with Crippen LogP contribution < -0.4 is 5.48 Å². The maximum Gasteiger partial charge on any atom is 0.0933 e. The van der Waals surface area contributed by atoms with Crippen molar-refractivity contribution in [3.8, 4) is 0 Å². The fourth-order valence-electron chi connectivity index (χ4n) is 1.34. The van der Waals surface area contributed by atoms with Crippen molar-refractivity contribution in [1.29, 1.82) is 0 Å². The van der Waals surface area contributed by atoms with Crippen molar-refractivity contribution in [2.45, 2.75) is 13.2 Å². The van der Waals surface area contributed by atoms with E-state index in [1.807, 2.05) is 42.5 Å². The second kappa shape index (κ2) is 6.00. The number of pyridine rings is 1. The first-order valence-electron chi connectivity index (χ1n) is 5.22. The summed E-state index contributed by atoms with van der Waals surface area (Å²) >= 11 is 0. The minimum Gasteiger partial charge on any atom is -0.297 e. The second-order valence-corrected chi connectivity index (χ2v) is 3.45. The van der Waals surface area contributed by atoms with Gasteiger partial charge in [-0.1, -0.05) is 30.3 Å². The Labute approximate surface area is 95.1 Å². The summed E-state index contributed by atoms with van der Waals surface area (Å²) in [6.07, 6.45) is 3.54. The standard InChI is InChI=1S/C13H14N2O/c1-2-4-13(5-3-1)11-16-15-10-12-6-8-14-9-7-12/h1-9,15H,10-11H2. The number of benzene rings is 1. The van der Waals surface area contributed by atoms with Gasteiger partial charge in [-0.25, -0.2) is 0 Å². The van der Waals surface area contributed by atoms with Gasteiger partial charge < -0.3 is 0 Å². The van der Waals surface area contributed by atoms with Gasteiger partial charge >= 0.3 is 0 Å². The van der Waals surface area contributed by atoms with Crippen LogP contribution in [0.2, 0.25) is 0 Å². The number of rotatable bonds is 5. The predicted molar refractivity (Wildman–Crippen MR) is 62.3 cm³/mol. The lowest BCUT2D eigenvalue weighted by Gasteiger charge is -2.05. The van der Waals surface area contributed by atoms with Crippen LogP contribution in [0, 0.1) is 0 Å². The van der Waals surface area contributed by atoms with Crippen molar-refractivity contribution in [2.24, 2.45) is 0 Å². The van der Waals surface area contributed by atoms with E-state index in [1.54, 1.807) is 12.4 Å². The van der Waals surface area contributed by atoms with E-state index in [2.05, 4.69) is 10.5 Å². The fourth-order valence-corrected chi connectivity index (χ4v) is 1.34. The Morgan fingerprint density at radius 2 is 1.69 bits per heavy atom. The molecule has 3 nitrogen and oxygen atoms in total. The summed E-state index contributed by atoms with van der Waals surface area (Å²) < 4.78 is 0. The van der Waals surface area contributed by atoms with Crippen molar-refractivity contribution < 1.29 is 4.84 Å². The molecule has 0 aliphatic carbocycles. The molecule has 2 aromatic rings. The Hall–Kier alpha value is -1.71. The van der Waals surface area contributed by atoms with Gasteiger partial charge in [0.05, 0.1) is 6.61 Å². The number of nitrogens with zero attached hydrogens (tertiary/aromatic N) is 1. The largest absolute Gasteiger partial charge is 0.297 e. The molecule has 1 N–H and O–H groups in total. The molecule has 82 valence electrons. The third-order valence-corrected chi connectivity index (χ3v) is 2.21. The molecule has 0 bridgehead atoms. The van der Waals surface area contributed by atoms with Crippen LogP contribution in [0.5, 0.6) is 0 Å². The van der Waals surface area contributed by atoms with Crippen LogP contribution >= 0.6 is 0 Å². The lowest BCUT2D eigenvalue weighted by Crippen LogP contribution is -2.13. The molecule has 1 heterocycles. The lowest BCUT2D eigenvalue weighted by atomic mass is 10.2. The van der Waals surface area contributed by atoms with E-state index >= 15 is 0 Å².